The molecule has 0 unspecified atom stereocenters. The lowest BCUT2D eigenvalue weighted by Gasteiger charge is -2.18. The Labute approximate surface area is 170 Å². The lowest BCUT2D eigenvalue weighted by molar-refractivity contribution is 0.311. The van der Waals surface area contributed by atoms with Crippen LogP contribution >= 0.6 is 11.3 Å². The third-order valence-electron chi connectivity index (χ3n) is 3.83. The minimum Gasteiger partial charge on any atom is -0.493 e. The highest BCUT2D eigenvalue weighted by Gasteiger charge is 2.21. The van der Waals surface area contributed by atoms with Crippen LogP contribution in [0.25, 0.3) is 0 Å². The van der Waals surface area contributed by atoms with Gasteiger partial charge in [0.15, 0.2) is 17.5 Å². The van der Waals surface area contributed by atoms with Crippen molar-refractivity contribution in [2.45, 2.75) is 11.1 Å². The van der Waals surface area contributed by atoms with Crippen molar-refractivity contribution in [1.82, 2.24) is 9.62 Å². The van der Waals surface area contributed by atoms with E-state index in [2.05, 4.69) is 15.6 Å². The second-order valence-electron chi connectivity index (χ2n) is 5.68. The number of sulfonamides is 1. The maximum atomic E-state index is 12.4. The van der Waals surface area contributed by atoms with Crippen molar-refractivity contribution >= 4 is 33.0 Å². The number of benzene rings is 1. The first-order chi connectivity index (χ1) is 13.4. The van der Waals surface area contributed by atoms with Crippen LogP contribution in [0.4, 0.5) is 5.69 Å². The van der Waals surface area contributed by atoms with Gasteiger partial charge in [-0.15, -0.1) is 11.3 Å². The molecule has 28 heavy (non-hydrogen) atoms. The molecule has 0 spiro atoms. The van der Waals surface area contributed by atoms with Crippen LogP contribution in [-0.2, 0) is 10.0 Å². The summed E-state index contributed by atoms with van der Waals surface area (Å²) >= 11 is 1.20. The molecule has 2 aromatic rings. The first kappa shape index (κ1) is 22.0. The van der Waals surface area contributed by atoms with Gasteiger partial charge in [0.1, 0.15) is 4.21 Å². The SMILES string of the molecule is CCOc1cc(NC(=NC)NCCN(C)S(=O)(=O)c2cccs2)ccc1OC. The molecule has 0 saturated carbocycles. The average Bonchev–Trinajstić information content (AvgIpc) is 3.23. The van der Waals surface area contributed by atoms with Gasteiger partial charge in [0.2, 0.25) is 0 Å². The van der Waals surface area contributed by atoms with Gasteiger partial charge >= 0.3 is 0 Å². The van der Waals surface area contributed by atoms with Crippen molar-refractivity contribution in [3.63, 3.8) is 0 Å². The summed E-state index contributed by atoms with van der Waals surface area (Å²) in [6.45, 7) is 3.13. The molecule has 0 aliphatic heterocycles. The average molecular weight is 427 g/mol. The number of aliphatic imine (C=N–C) groups is 1. The summed E-state index contributed by atoms with van der Waals surface area (Å²) in [7, 11) is 1.34. The van der Waals surface area contributed by atoms with Crippen LogP contribution in [0.15, 0.2) is 44.9 Å². The van der Waals surface area contributed by atoms with E-state index < -0.39 is 10.0 Å². The Bertz CT molecular complexity index is 883. The molecule has 0 amide bonds. The highest BCUT2D eigenvalue weighted by molar-refractivity contribution is 7.91. The van der Waals surface area contributed by atoms with Gasteiger partial charge in [0.25, 0.3) is 10.0 Å². The number of nitrogens with zero attached hydrogens (tertiary/aromatic N) is 2. The normalized spacial score (nSPS) is 12.1. The van der Waals surface area contributed by atoms with Crippen LogP contribution in [-0.4, -0.2) is 59.6 Å². The van der Waals surface area contributed by atoms with Gasteiger partial charge in [0.05, 0.1) is 13.7 Å². The van der Waals surface area contributed by atoms with Crippen molar-refractivity contribution in [2.24, 2.45) is 4.99 Å². The van der Waals surface area contributed by atoms with Crippen LogP contribution in [0.2, 0.25) is 0 Å². The van der Waals surface area contributed by atoms with E-state index in [1.165, 1.54) is 15.6 Å². The third-order valence-corrected chi connectivity index (χ3v) is 7.06. The quantitative estimate of drug-likeness (QED) is 0.473. The number of methoxy groups -OCH3 is 1. The Hall–Kier alpha value is -2.30. The standard InChI is InChI=1S/C18H26N4O4S2/c1-5-26-16-13-14(8-9-15(16)25-4)21-18(19-2)20-10-11-22(3)28(23,24)17-7-6-12-27-17/h6-9,12-13H,5,10-11H2,1-4H3,(H2,19,20,21). The molecular formula is C18H26N4O4S2. The summed E-state index contributed by atoms with van der Waals surface area (Å²) in [5.41, 5.74) is 0.775. The molecule has 1 aromatic heterocycles. The van der Waals surface area contributed by atoms with Crippen LogP contribution < -0.4 is 20.1 Å². The van der Waals surface area contributed by atoms with E-state index in [1.807, 2.05) is 25.1 Å². The number of anilines is 1. The zero-order valence-corrected chi connectivity index (χ0v) is 18.1. The molecule has 0 atom stereocenters. The summed E-state index contributed by atoms with van der Waals surface area (Å²) in [5, 5.41) is 8.01. The highest BCUT2D eigenvalue weighted by atomic mass is 32.2. The van der Waals surface area contributed by atoms with Crippen LogP contribution in [0.5, 0.6) is 11.5 Å². The Morgan fingerprint density at radius 2 is 2.07 bits per heavy atom. The zero-order chi connectivity index (χ0) is 20.6. The van der Waals surface area contributed by atoms with Gasteiger partial charge in [-0.05, 0) is 30.5 Å². The van der Waals surface area contributed by atoms with E-state index in [1.54, 1.807) is 38.7 Å². The Balaban J connectivity index is 1.94. The predicted octanol–water partition coefficient (Wildman–Crippen LogP) is 2.46. The molecule has 0 fully saturated rings. The minimum atomic E-state index is -3.46. The predicted molar refractivity (Wildman–Crippen MR) is 113 cm³/mol. The van der Waals surface area contributed by atoms with E-state index in [4.69, 9.17) is 9.47 Å². The van der Waals surface area contributed by atoms with Gasteiger partial charge in [0, 0.05) is 38.9 Å². The first-order valence-corrected chi connectivity index (χ1v) is 11.0. The van der Waals surface area contributed by atoms with Gasteiger partial charge in [-0.3, -0.25) is 4.99 Å². The number of rotatable bonds is 9. The van der Waals surface area contributed by atoms with Crippen molar-refractivity contribution in [2.75, 3.05) is 46.2 Å². The maximum Gasteiger partial charge on any atom is 0.252 e. The molecule has 10 heteroatoms. The van der Waals surface area contributed by atoms with Crippen LogP contribution in [0.1, 0.15) is 6.92 Å². The number of thiophene rings is 1. The summed E-state index contributed by atoms with van der Waals surface area (Å²) < 4.78 is 37.4. The zero-order valence-electron chi connectivity index (χ0n) is 16.4. The summed E-state index contributed by atoms with van der Waals surface area (Å²) in [5.74, 6) is 1.80. The number of nitrogens with one attached hydrogen (secondary N) is 2. The van der Waals surface area contributed by atoms with E-state index in [0.717, 1.165) is 5.69 Å². The van der Waals surface area contributed by atoms with E-state index in [-0.39, 0.29) is 0 Å². The molecule has 2 rings (SSSR count). The Morgan fingerprint density at radius 1 is 1.29 bits per heavy atom. The third kappa shape index (κ3) is 5.60. The summed E-state index contributed by atoms with van der Waals surface area (Å²) in [6, 6.07) is 8.80. The molecule has 0 bridgehead atoms. The minimum absolute atomic E-state index is 0.299. The van der Waals surface area contributed by atoms with Crippen LogP contribution in [0, 0.1) is 0 Å². The number of ether oxygens (including phenoxy) is 2. The Kier molecular flexibility index (Phi) is 8.09. The number of likely N-dealkylation sites (N-methyl/N-ethyl adjacent to an activating group) is 1. The van der Waals surface area contributed by atoms with E-state index in [9.17, 15) is 8.42 Å². The molecular weight excluding hydrogens is 400 g/mol. The summed E-state index contributed by atoms with van der Waals surface area (Å²) in [6.07, 6.45) is 0. The molecule has 0 aliphatic rings. The maximum absolute atomic E-state index is 12.4. The number of guanidine groups is 1. The van der Waals surface area contributed by atoms with Crippen LogP contribution in [0.3, 0.4) is 0 Å². The lowest BCUT2D eigenvalue weighted by atomic mass is 10.2. The fourth-order valence-corrected chi connectivity index (χ4v) is 4.73. The van der Waals surface area contributed by atoms with Gasteiger partial charge in [-0.1, -0.05) is 6.07 Å². The van der Waals surface area contributed by atoms with Gasteiger partial charge < -0.3 is 20.1 Å². The molecule has 8 nitrogen and oxygen atoms in total. The monoisotopic (exact) mass is 426 g/mol. The fraction of sp³-hybridized carbons (Fsp3) is 0.389. The molecule has 0 aliphatic carbocycles. The fourth-order valence-electron chi connectivity index (χ4n) is 2.35. The molecule has 1 heterocycles. The second kappa shape index (κ2) is 10.3. The van der Waals surface area contributed by atoms with Gasteiger partial charge in [-0.25, -0.2) is 8.42 Å². The Morgan fingerprint density at radius 3 is 2.68 bits per heavy atom. The molecule has 2 N–H and O–H groups in total. The summed E-state index contributed by atoms with van der Waals surface area (Å²) in [4.78, 5) is 4.17. The van der Waals surface area contributed by atoms with E-state index in [0.29, 0.717) is 41.4 Å². The molecule has 154 valence electrons. The largest absolute Gasteiger partial charge is 0.493 e. The van der Waals surface area contributed by atoms with Gasteiger partial charge in [-0.2, -0.15) is 4.31 Å². The van der Waals surface area contributed by atoms with Crippen molar-refractivity contribution in [3.8, 4) is 11.5 Å². The van der Waals surface area contributed by atoms with Crippen molar-refractivity contribution in [3.05, 3.63) is 35.7 Å². The highest BCUT2D eigenvalue weighted by Crippen LogP contribution is 2.30. The van der Waals surface area contributed by atoms with E-state index >= 15 is 0 Å². The second-order valence-corrected chi connectivity index (χ2v) is 8.90. The first-order valence-electron chi connectivity index (χ1n) is 8.70. The smallest absolute Gasteiger partial charge is 0.252 e. The molecule has 0 saturated heterocycles. The van der Waals surface area contributed by atoms with Crippen molar-refractivity contribution in [1.29, 1.82) is 0 Å². The lowest BCUT2D eigenvalue weighted by Crippen LogP contribution is -2.38. The topological polar surface area (TPSA) is 92.3 Å². The molecule has 1 aromatic carbocycles. The molecule has 0 radical (unpaired) electrons. The number of hydrogen-bond acceptors (Lipinski definition) is 6. The van der Waals surface area contributed by atoms with Crippen molar-refractivity contribution < 1.29 is 17.9 Å². The number of hydrogen-bond donors (Lipinski definition) is 2.